The van der Waals surface area contributed by atoms with Crippen molar-refractivity contribution in [2.75, 3.05) is 36.9 Å². The molecule has 9 heteroatoms. The Kier molecular flexibility index (Phi) is 5.61. The average molecular weight is 464 g/mol. The molecule has 2 aliphatic rings. The van der Waals surface area contributed by atoms with Gasteiger partial charge in [0.05, 0.1) is 30.5 Å². The lowest BCUT2D eigenvalue weighted by Crippen LogP contribution is -2.46. The summed E-state index contributed by atoms with van der Waals surface area (Å²) < 4.78 is 8.54. The number of anilines is 3. The van der Waals surface area contributed by atoms with Gasteiger partial charge in [0.2, 0.25) is 5.95 Å². The minimum absolute atomic E-state index is 0.422. The highest BCUT2D eigenvalue weighted by atomic mass is 32.1. The van der Waals surface area contributed by atoms with Gasteiger partial charge >= 0.3 is 0 Å². The molecule has 2 N–H and O–H groups in total. The monoisotopic (exact) mass is 463 g/mol. The van der Waals surface area contributed by atoms with E-state index in [1.54, 1.807) is 22.2 Å². The van der Waals surface area contributed by atoms with Gasteiger partial charge < -0.3 is 15.4 Å². The summed E-state index contributed by atoms with van der Waals surface area (Å²) in [6, 6.07) is 9.61. The second-order valence-corrected chi connectivity index (χ2v) is 10.0. The molecule has 1 aromatic carbocycles. The third-order valence-corrected chi connectivity index (χ3v) is 7.86. The van der Waals surface area contributed by atoms with Gasteiger partial charge in [-0.1, -0.05) is 18.2 Å². The average Bonchev–Trinajstić information content (AvgIpc) is 3.43. The summed E-state index contributed by atoms with van der Waals surface area (Å²) in [5, 5.41) is 13.7. The maximum absolute atomic E-state index is 5.54. The molecule has 0 amide bonds. The Labute approximate surface area is 197 Å². The highest BCUT2D eigenvalue weighted by molar-refractivity contribution is 7.25. The van der Waals surface area contributed by atoms with E-state index in [9.17, 15) is 0 Å². The fourth-order valence-electron chi connectivity index (χ4n) is 5.12. The fraction of sp³-hybridized carbons (Fsp3) is 0.458. The fourth-order valence-corrected chi connectivity index (χ4v) is 6.20. The Hall–Kier alpha value is -2.75. The third-order valence-electron chi connectivity index (χ3n) is 6.80. The number of aromatic nitrogens is 4. The number of aryl methyl sites for hydroxylation is 1. The molecule has 0 unspecified atom stereocenters. The molecule has 0 spiro atoms. The molecule has 0 bridgehead atoms. The molecule has 8 nitrogen and oxygen atoms in total. The van der Waals surface area contributed by atoms with Gasteiger partial charge in [0, 0.05) is 48.5 Å². The number of hydrogen-bond acceptors (Lipinski definition) is 8. The van der Waals surface area contributed by atoms with Gasteiger partial charge in [-0.15, -0.1) is 11.3 Å². The normalized spacial score (nSPS) is 22.1. The number of fused-ring (bicyclic) bond motifs is 3. The molecule has 2 fully saturated rings. The first-order chi connectivity index (χ1) is 16.2. The lowest BCUT2D eigenvalue weighted by Gasteiger charge is -2.39. The van der Waals surface area contributed by atoms with Crippen molar-refractivity contribution in [1.29, 1.82) is 0 Å². The zero-order chi connectivity index (χ0) is 22.2. The molecule has 172 valence electrons. The number of ether oxygens (including phenoxy) is 1. The number of nitrogens with zero attached hydrogens (tertiary/aromatic N) is 5. The Morgan fingerprint density at radius 1 is 1.06 bits per heavy atom. The second kappa shape index (κ2) is 8.89. The number of nitrogens with one attached hydrogen (secondary N) is 2. The van der Waals surface area contributed by atoms with E-state index in [0.29, 0.717) is 18.0 Å². The van der Waals surface area contributed by atoms with E-state index < -0.39 is 0 Å². The highest BCUT2D eigenvalue weighted by Gasteiger charge is 2.28. The minimum Gasteiger partial charge on any atom is -0.379 e. The first kappa shape index (κ1) is 20.8. The number of rotatable bonds is 5. The topological polar surface area (TPSA) is 80.1 Å². The van der Waals surface area contributed by atoms with Crippen LogP contribution in [0.4, 0.5) is 17.5 Å². The lowest BCUT2D eigenvalue weighted by molar-refractivity contribution is 0.00791. The molecule has 0 radical (unpaired) electrons. The van der Waals surface area contributed by atoms with Gasteiger partial charge in [-0.25, -0.2) is 4.98 Å². The summed E-state index contributed by atoms with van der Waals surface area (Å²) in [7, 11) is 1.90. The molecule has 4 heterocycles. The van der Waals surface area contributed by atoms with E-state index in [0.717, 1.165) is 60.9 Å². The number of benzene rings is 1. The van der Waals surface area contributed by atoms with Crippen LogP contribution in [0.25, 0.3) is 20.3 Å². The zero-order valence-corrected chi connectivity index (χ0v) is 19.6. The molecule has 4 aromatic rings. The smallest absolute Gasteiger partial charge is 0.230 e. The third kappa shape index (κ3) is 4.28. The van der Waals surface area contributed by atoms with Gasteiger partial charge in [-0.2, -0.15) is 10.1 Å². The van der Waals surface area contributed by atoms with Crippen molar-refractivity contribution in [3.05, 3.63) is 36.7 Å². The van der Waals surface area contributed by atoms with E-state index >= 15 is 0 Å². The lowest BCUT2D eigenvalue weighted by atomic mass is 9.90. The van der Waals surface area contributed by atoms with Gasteiger partial charge in [-0.05, 0) is 31.7 Å². The van der Waals surface area contributed by atoms with Crippen LogP contribution in [0.5, 0.6) is 0 Å². The van der Waals surface area contributed by atoms with Gasteiger partial charge in [0.25, 0.3) is 0 Å². The molecule has 1 saturated heterocycles. The maximum atomic E-state index is 5.54. The quantitative estimate of drug-likeness (QED) is 0.455. The van der Waals surface area contributed by atoms with Crippen molar-refractivity contribution in [3.63, 3.8) is 0 Å². The van der Waals surface area contributed by atoms with Crippen LogP contribution in [0.3, 0.4) is 0 Å². The van der Waals surface area contributed by atoms with E-state index in [1.807, 2.05) is 13.2 Å². The van der Waals surface area contributed by atoms with Crippen LogP contribution in [-0.2, 0) is 11.8 Å². The van der Waals surface area contributed by atoms with Gasteiger partial charge in [0.1, 0.15) is 10.6 Å². The van der Waals surface area contributed by atoms with Crippen LogP contribution in [0.15, 0.2) is 36.7 Å². The Morgan fingerprint density at radius 2 is 1.88 bits per heavy atom. The van der Waals surface area contributed by atoms with Gasteiger partial charge in [0.15, 0.2) is 0 Å². The Bertz CT molecular complexity index is 1250. The summed E-state index contributed by atoms with van der Waals surface area (Å²) in [6.07, 6.45) is 8.47. The van der Waals surface area contributed by atoms with E-state index in [1.165, 1.54) is 22.9 Å². The van der Waals surface area contributed by atoms with Crippen molar-refractivity contribution in [3.8, 4) is 0 Å². The number of hydrogen-bond donors (Lipinski definition) is 2. The van der Waals surface area contributed by atoms with Crippen molar-refractivity contribution < 1.29 is 4.74 Å². The standard InChI is InChI=1S/C24H29N7OS/c1-30-15-17(14-25-30)27-24-28-22(21-19-4-2-3-5-20(19)33-23(21)29-24)26-16-6-8-18(9-7-16)31-10-12-32-13-11-31/h2-5,14-16,18H,6-13H2,1H3,(H2,26,27,28,29). The number of morpholine rings is 1. The molecule has 33 heavy (non-hydrogen) atoms. The highest BCUT2D eigenvalue weighted by Crippen LogP contribution is 2.38. The molecule has 1 aliphatic carbocycles. The molecule has 1 saturated carbocycles. The van der Waals surface area contributed by atoms with Crippen LogP contribution < -0.4 is 10.6 Å². The van der Waals surface area contributed by atoms with Crippen LogP contribution in [0, 0.1) is 0 Å². The van der Waals surface area contributed by atoms with Crippen LogP contribution in [-0.4, -0.2) is 63.0 Å². The zero-order valence-electron chi connectivity index (χ0n) is 18.8. The predicted molar refractivity (Wildman–Crippen MR) is 133 cm³/mol. The van der Waals surface area contributed by atoms with Gasteiger partial charge in [-0.3, -0.25) is 9.58 Å². The SMILES string of the molecule is Cn1cc(Nc2nc(NC3CCC(N4CCOCC4)CC3)c3c(n2)sc2ccccc23)cn1. The van der Waals surface area contributed by atoms with Crippen LogP contribution >= 0.6 is 11.3 Å². The summed E-state index contributed by atoms with van der Waals surface area (Å²) in [6.45, 7) is 3.88. The second-order valence-electron chi connectivity index (χ2n) is 9.00. The van der Waals surface area contributed by atoms with Crippen molar-refractivity contribution in [1.82, 2.24) is 24.6 Å². The predicted octanol–water partition coefficient (Wildman–Crippen LogP) is 4.38. The summed E-state index contributed by atoms with van der Waals surface area (Å²) in [5.41, 5.74) is 0.884. The Morgan fingerprint density at radius 3 is 2.67 bits per heavy atom. The molecule has 3 aromatic heterocycles. The maximum Gasteiger partial charge on any atom is 0.230 e. The minimum atomic E-state index is 0.422. The van der Waals surface area contributed by atoms with Crippen molar-refractivity contribution in [2.24, 2.45) is 7.05 Å². The first-order valence-corrected chi connectivity index (χ1v) is 12.6. The van der Waals surface area contributed by atoms with Crippen molar-refractivity contribution in [2.45, 2.75) is 37.8 Å². The molecule has 1 aliphatic heterocycles. The Balaban J connectivity index is 1.27. The first-order valence-electron chi connectivity index (χ1n) is 11.8. The van der Waals surface area contributed by atoms with Crippen LogP contribution in [0.2, 0.25) is 0 Å². The molecular formula is C24H29N7OS. The largest absolute Gasteiger partial charge is 0.379 e. The van der Waals surface area contributed by atoms with E-state index in [4.69, 9.17) is 14.7 Å². The van der Waals surface area contributed by atoms with E-state index in [-0.39, 0.29) is 0 Å². The van der Waals surface area contributed by atoms with Crippen molar-refractivity contribution >= 4 is 49.1 Å². The summed E-state index contributed by atoms with van der Waals surface area (Å²) >= 11 is 1.72. The van der Waals surface area contributed by atoms with Crippen LogP contribution in [0.1, 0.15) is 25.7 Å². The summed E-state index contributed by atoms with van der Waals surface area (Å²) in [4.78, 5) is 13.4. The van der Waals surface area contributed by atoms with E-state index in [2.05, 4.69) is 44.9 Å². The number of thiophene rings is 1. The summed E-state index contributed by atoms with van der Waals surface area (Å²) in [5.74, 6) is 1.53. The molecule has 6 rings (SSSR count). The molecule has 0 atom stereocenters. The molecular weight excluding hydrogens is 434 g/mol.